The molecule has 2 amide bonds. The van der Waals surface area contributed by atoms with Gasteiger partial charge in [0.15, 0.2) is 0 Å². The number of hydrogen-bond donors (Lipinski definition) is 3. The summed E-state index contributed by atoms with van der Waals surface area (Å²) in [7, 11) is 0. The van der Waals surface area contributed by atoms with Crippen molar-refractivity contribution in [3.8, 4) is 0 Å². The van der Waals surface area contributed by atoms with Crippen LogP contribution < -0.4 is 10.6 Å². The molecule has 154 valence electrons. The van der Waals surface area contributed by atoms with E-state index in [1.165, 1.54) is 38.1 Å². The van der Waals surface area contributed by atoms with Gasteiger partial charge in [0.05, 0.1) is 13.0 Å². The maximum absolute atomic E-state index is 13.0. The van der Waals surface area contributed by atoms with Crippen LogP contribution in [-0.2, 0) is 30.3 Å². The first-order chi connectivity index (χ1) is 13.1. The van der Waals surface area contributed by atoms with Crippen LogP contribution in [-0.4, -0.2) is 47.6 Å². The van der Waals surface area contributed by atoms with Crippen molar-refractivity contribution in [1.29, 1.82) is 0 Å². The second kappa shape index (κ2) is 11.0. The van der Waals surface area contributed by atoms with E-state index in [0.717, 1.165) is 0 Å². The maximum atomic E-state index is 13.0. The molecule has 0 saturated carbocycles. The molecule has 0 spiro atoms. The van der Waals surface area contributed by atoms with Gasteiger partial charge < -0.3 is 20.5 Å². The largest absolute Gasteiger partial charge is 0.480 e. The molecule has 0 fully saturated rings. The number of benzene rings is 1. The lowest BCUT2D eigenvalue weighted by Gasteiger charge is -2.24. The van der Waals surface area contributed by atoms with Gasteiger partial charge in [-0.15, -0.1) is 0 Å². The van der Waals surface area contributed by atoms with E-state index in [0.29, 0.717) is 5.56 Å². The minimum atomic E-state index is -1.35. The molecule has 28 heavy (non-hydrogen) atoms. The number of carbonyl (C=O) groups is 4. The predicted molar refractivity (Wildman–Crippen MR) is 97.7 cm³/mol. The molecule has 0 aromatic heterocycles. The molecule has 1 aromatic carbocycles. The second-order valence-electron chi connectivity index (χ2n) is 6.39. The normalized spacial score (nSPS) is 13.7. The summed E-state index contributed by atoms with van der Waals surface area (Å²) < 4.78 is 17.9. The molecule has 0 saturated heterocycles. The van der Waals surface area contributed by atoms with Crippen molar-refractivity contribution < 1.29 is 33.4 Å². The van der Waals surface area contributed by atoms with Crippen LogP contribution in [0.4, 0.5) is 4.39 Å². The van der Waals surface area contributed by atoms with E-state index < -0.39 is 47.6 Å². The summed E-state index contributed by atoms with van der Waals surface area (Å²) in [6.07, 6.45) is -0.141. The fraction of sp³-hybridized carbons (Fsp3) is 0.474. The third-order valence-corrected chi connectivity index (χ3v) is 3.97. The lowest BCUT2D eigenvalue weighted by molar-refractivity contribution is -0.147. The number of amides is 2. The molecule has 0 heterocycles. The van der Waals surface area contributed by atoms with Crippen LogP contribution in [0.1, 0.15) is 32.8 Å². The Bertz CT molecular complexity index is 707. The molecular formula is C19H25FN2O6. The molecule has 8 nitrogen and oxygen atoms in total. The molecule has 0 radical (unpaired) electrons. The molecular weight excluding hydrogens is 371 g/mol. The highest BCUT2D eigenvalue weighted by atomic mass is 19.1. The van der Waals surface area contributed by atoms with E-state index in [1.54, 1.807) is 6.92 Å². The molecule has 9 heteroatoms. The third-order valence-electron chi connectivity index (χ3n) is 3.97. The maximum Gasteiger partial charge on any atom is 0.326 e. The number of esters is 1. The van der Waals surface area contributed by atoms with Gasteiger partial charge in [-0.3, -0.25) is 14.4 Å². The number of aliphatic carboxylic acids is 1. The number of nitrogens with one attached hydrogen (secondary N) is 2. The Balaban J connectivity index is 2.89. The van der Waals surface area contributed by atoms with Gasteiger partial charge in [0.25, 0.3) is 0 Å². The van der Waals surface area contributed by atoms with Crippen LogP contribution in [0.25, 0.3) is 0 Å². The van der Waals surface area contributed by atoms with Gasteiger partial charge in [-0.25, -0.2) is 9.18 Å². The average Bonchev–Trinajstić information content (AvgIpc) is 2.60. The molecule has 1 rings (SSSR count). The number of carboxylic acids is 1. The minimum Gasteiger partial charge on any atom is -0.480 e. The molecule has 3 N–H and O–H groups in total. The first-order valence-corrected chi connectivity index (χ1v) is 8.84. The van der Waals surface area contributed by atoms with Crippen molar-refractivity contribution in [2.75, 3.05) is 6.61 Å². The minimum absolute atomic E-state index is 0.0459. The number of carboxylic acid groups (broad SMARTS) is 1. The van der Waals surface area contributed by atoms with E-state index in [2.05, 4.69) is 10.6 Å². The molecule has 0 unspecified atom stereocenters. The summed E-state index contributed by atoms with van der Waals surface area (Å²) >= 11 is 0. The molecule has 0 aliphatic carbocycles. The zero-order valence-corrected chi connectivity index (χ0v) is 16.0. The Kier molecular flexibility index (Phi) is 9.07. The number of carbonyl (C=O) groups excluding carboxylic acids is 3. The number of rotatable bonds is 10. The SMILES string of the molecule is CCOC(=O)C[C@H](C)[C@@H](NC(=O)[C@H](Cc1ccc(F)cc1)NC(C)=O)C(=O)O. The Hall–Kier alpha value is -2.97. The monoisotopic (exact) mass is 396 g/mol. The molecule has 1 aromatic rings. The molecule has 0 aliphatic rings. The van der Waals surface area contributed by atoms with Crippen LogP contribution in [0, 0.1) is 11.7 Å². The van der Waals surface area contributed by atoms with Crippen LogP contribution in [0.2, 0.25) is 0 Å². The highest BCUT2D eigenvalue weighted by molar-refractivity contribution is 5.90. The van der Waals surface area contributed by atoms with Gasteiger partial charge in [0.2, 0.25) is 11.8 Å². The van der Waals surface area contributed by atoms with Crippen LogP contribution >= 0.6 is 0 Å². The van der Waals surface area contributed by atoms with E-state index in [4.69, 9.17) is 4.74 Å². The molecule has 3 atom stereocenters. The highest BCUT2D eigenvalue weighted by Crippen LogP contribution is 2.12. The summed E-state index contributed by atoms with van der Waals surface area (Å²) in [5.41, 5.74) is 0.585. The number of hydrogen-bond acceptors (Lipinski definition) is 5. The van der Waals surface area contributed by atoms with E-state index in [9.17, 15) is 28.7 Å². The Morgan fingerprint density at radius 1 is 1.14 bits per heavy atom. The lowest BCUT2D eigenvalue weighted by Crippen LogP contribution is -2.54. The Labute approximate surface area is 162 Å². The van der Waals surface area contributed by atoms with Crippen LogP contribution in [0.5, 0.6) is 0 Å². The van der Waals surface area contributed by atoms with Crippen molar-refractivity contribution in [3.63, 3.8) is 0 Å². The van der Waals surface area contributed by atoms with Gasteiger partial charge in [-0.05, 0) is 30.5 Å². The predicted octanol–water partition coefficient (Wildman–Crippen LogP) is 1.03. The van der Waals surface area contributed by atoms with Crippen molar-refractivity contribution in [1.82, 2.24) is 10.6 Å². The van der Waals surface area contributed by atoms with Crippen molar-refractivity contribution >= 4 is 23.8 Å². The van der Waals surface area contributed by atoms with Crippen molar-refractivity contribution in [3.05, 3.63) is 35.6 Å². The number of ether oxygens (including phenoxy) is 1. The Morgan fingerprint density at radius 3 is 2.25 bits per heavy atom. The van der Waals surface area contributed by atoms with E-state index in [1.807, 2.05) is 0 Å². The van der Waals surface area contributed by atoms with Crippen LogP contribution in [0.15, 0.2) is 24.3 Å². The number of halogens is 1. The Morgan fingerprint density at radius 2 is 1.75 bits per heavy atom. The fourth-order valence-electron chi connectivity index (χ4n) is 2.61. The first-order valence-electron chi connectivity index (χ1n) is 8.84. The smallest absolute Gasteiger partial charge is 0.326 e. The first kappa shape index (κ1) is 23.1. The molecule has 0 aliphatic heterocycles. The van der Waals surface area contributed by atoms with Crippen molar-refractivity contribution in [2.45, 2.75) is 45.7 Å². The molecule has 0 bridgehead atoms. The van der Waals surface area contributed by atoms with Crippen molar-refractivity contribution in [2.24, 2.45) is 5.92 Å². The summed E-state index contributed by atoms with van der Waals surface area (Å²) in [4.78, 5) is 47.2. The second-order valence-corrected chi connectivity index (χ2v) is 6.39. The summed E-state index contributed by atoms with van der Waals surface area (Å²) in [6, 6.07) is 2.98. The topological polar surface area (TPSA) is 122 Å². The summed E-state index contributed by atoms with van der Waals surface area (Å²) in [5.74, 6) is -4.25. The fourth-order valence-corrected chi connectivity index (χ4v) is 2.61. The summed E-state index contributed by atoms with van der Waals surface area (Å²) in [5, 5.41) is 14.2. The quantitative estimate of drug-likeness (QED) is 0.508. The van der Waals surface area contributed by atoms with Gasteiger partial charge in [0.1, 0.15) is 17.9 Å². The zero-order valence-electron chi connectivity index (χ0n) is 16.0. The van der Waals surface area contributed by atoms with Gasteiger partial charge in [-0.1, -0.05) is 19.1 Å². The van der Waals surface area contributed by atoms with Gasteiger partial charge in [0, 0.05) is 13.3 Å². The highest BCUT2D eigenvalue weighted by Gasteiger charge is 2.31. The van der Waals surface area contributed by atoms with Gasteiger partial charge >= 0.3 is 11.9 Å². The lowest BCUT2D eigenvalue weighted by atomic mass is 9.97. The zero-order chi connectivity index (χ0) is 21.3. The third kappa shape index (κ3) is 7.73. The summed E-state index contributed by atoms with van der Waals surface area (Å²) in [6.45, 7) is 4.52. The van der Waals surface area contributed by atoms with Gasteiger partial charge in [-0.2, -0.15) is 0 Å². The van der Waals surface area contributed by atoms with E-state index in [-0.39, 0.29) is 19.4 Å². The van der Waals surface area contributed by atoms with E-state index >= 15 is 0 Å². The standard InChI is InChI=1S/C19H25FN2O6/c1-4-28-16(24)9-11(2)17(19(26)27)22-18(25)15(21-12(3)23)10-13-5-7-14(20)8-6-13/h5-8,11,15,17H,4,9-10H2,1-3H3,(H,21,23)(H,22,25)(H,26,27)/t11-,15-,17+/m0/s1. The average molecular weight is 396 g/mol. The van der Waals surface area contributed by atoms with Crippen LogP contribution in [0.3, 0.4) is 0 Å².